The zero-order valence-electron chi connectivity index (χ0n) is 21.2. The van der Waals surface area contributed by atoms with Crippen molar-refractivity contribution in [1.82, 2.24) is 5.43 Å². The van der Waals surface area contributed by atoms with Crippen LogP contribution in [-0.4, -0.2) is 32.8 Å². The van der Waals surface area contributed by atoms with Gasteiger partial charge in [-0.25, -0.2) is 4.79 Å². The molecular weight excluding hydrogens is 494 g/mol. The van der Waals surface area contributed by atoms with Gasteiger partial charge in [-0.15, -0.1) is 11.3 Å². The molecule has 0 amide bonds. The van der Waals surface area contributed by atoms with Gasteiger partial charge in [0.25, 0.3) is 0 Å². The zero-order chi connectivity index (χ0) is 27.0. The number of carbonyl (C=O) groups is 2. The van der Waals surface area contributed by atoms with E-state index in [0.29, 0.717) is 17.0 Å². The molecule has 190 valence electrons. The third kappa shape index (κ3) is 8.28. The third-order valence-corrected chi connectivity index (χ3v) is 6.07. The van der Waals surface area contributed by atoms with Crippen LogP contribution in [0.2, 0.25) is 0 Å². The maximum absolute atomic E-state index is 11.1. The second-order valence-electron chi connectivity index (χ2n) is 9.21. The number of hydrogen-bond acceptors (Lipinski definition) is 6. The van der Waals surface area contributed by atoms with Gasteiger partial charge in [0.2, 0.25) is 0 Å². The van der Waals surface area contributed by atoms with Crippen molar-refractivity contribution < 1.29 is 19.8 Å². The molecule has 7 nitrogen and oxygen atoms in total. The number of aromatic hydroxyl groups is 1. The summed E-state index contributed by atoms with van der Waals surface area (Å²) in [6.45, 7) is 11.3. The van der Waals surface area contributed by atoms with Gasteiger partial charge >= 0.3 is 5.97 Å². The Bertz CT molecular complexity index is 1270. The van der Waals surface area contributed by atoms with Gasteiger partial charge in [0.1, 0.15) is 11.5 Å². The van der Waals surface area contributed by atoms with Gasteiger partial charge in [0.15, 0.2) is 5.11 Å². The first kappa shape index (κ1) is 28.7. The number of hydrogen-bond donors (Lipinski definition) is 4. The lowest BCUT2D eigenvalue weighted by molar-refractivity contribution is -0.115. The van der Waals surface area contributed by atoms with Crippen LogP contribution < -0.4 is 10.7 Å². The molecule has 2 aromatic carbocycles. The minimum absolute atomic E-state index is 0.0670. The largest absolute Gasteiger partial charge is 0.506 e. The molecule has 0 aliphatic carbocycles. The Balaban J connectivity index is 0.00000106. The molecule has 36 heavy (non-hydrogen) atoms. The molecule has 9 heteroatoms. The number of thiocarbonyl (C=S) groups is 1. The number of carboxylic acids is 1. The van der Waals surface area contributed by atoms with Crippen molar-refractivity contribution in [2.45, 2.75) is 47.0 Å². The lowest BCUT2D eigenvalue weighted by Gasteiger charge is -2.19. The van der Waals surface area contributed by atoms with Crippen LogP contribution in [-0.2, 0) is 10.2 Å². The van der Waals surface area contributed by atoms with Gasteiger partial charge in [0, 0.05) is 11.1 Å². The summed E-state index contributed by atoms with van der Waals surface area (Å²) >= 11 is 6.68. The van der Waals surface area contributed by atoms with E-state index in [1.807, 2.05) is 17.5 Å². The minimum atomic E-state index is -1.02. The van der Waals surface area contributed by atoms with Crippen molar-refractivity contribution in [3.8, 4) is 16.2 Å². The van der Waals surface area contributed by atoms with E-state index in [0.717, 1.165) is 10.4 Å². The fourth-order valence-corrected chi connectivity index (χ4v) is 4.19. The van der Waals surface area contributed by atoms with Crippen LogP contribution >= 0.6 is 23.6 Å². The summed E-state index contributed by atoms with van der Waals surface area (Å²) in [7, 11) is 0. The molecule has 0 aliphatic heterocycles. The Morgan fingerprint density at radius 2 is 1.64 bits per heavy atom. The molecule has 3 rings (SSSR count). The van der Waals surface area contributed by atoms with E-state index < -0.39 is 5.97 Å². The van der Waals surface area contributed by atoms with Gasteiger partial charge in [-0.2, -0.15) is 5.10 Å². The van der Waals surface area contributed by atoms with E-state index in [4.69, 9.17) is 17.3 Å². The van der Waals surface area contributed by atoms with Crippen LogP contribution in [0.3, 0.4) is 0 Å². The molecule has 0 radical (unpaired) electrons. The van der Waals surface area contributed by atoms with Gasteiger partial charge in [-0.05, 0) is 67.7 Å². The monoisotopic (exact) mass is 525 g/mol. The molecular formula is C27H31N3O4S2. The molecule has 0 aliphatic rings. The quantitative estimate of drug-likeness (QED) is 0.173. The number of thiophene rings is 1. The third-order valence-electron chi connectivity index (χ3n) is 4.86. The van der Waals surface area contributed by atoms with E-state index in [-0.39, 0.29) is 27.6 Å². The second-order valence-corrected chi connectivity index (χ2v) is 10.5. The molecule has 0 fully saturated rings. The first-order valence-corrected chi connectivity index (χ1v) is 12.4. The standard InChI is InChI=1S/C24H25N3O3S2.C3H6O/c1-14(26-27-23(31)25-18-7-5-6-16(12-18)22(29)30)19-13-32-21(20(19)28)15-8-10-17(11-9-15)24(2,3)4;1-3(2)4/h5-13,28H,1-4H3,(H,29,30)(H2,25,27,31);1-2H3/b26-14+;. The van der Waals surface area contributed by atoms with E-state index in [1.165, 1.54) is 42.9 Å². The molecule has 3 aromatic rings. The zero-order valence-corrected chi connectivity index (χ0v) is 22.8. The summed E-state index contributed by atoms with van der Waals surface area (Å²) in [5.74, 6) is -0.673. The normalized spacial score (nSPS) is 11.2. The molecule has 0 atom stereocenters. The van der Waals surface area contributed by atoms with E-state index in [1.54, 1.807) is 19.1 Å². The van der Waals surface area contributed by atoms with Crippen molar-refractivity contribution in [3.63, 3.8) is 0 Å². The highest BCUT2D eigenvalue weighted by Crippen LogP contribution is 2.39. The van der Waals surface area contributed by atoms with Gasteiger partial charge in [-0.1, -0.05) is 51.1 Å². The lowest BCUT2D eigenvalue weighted by atomic mass is 9.86. The van der Waals surface area contributed by atoms with E-state index >= 15 is 0 Å². The number of Topliss-reactive ketones (excluding diaryl/α,β-unsaturated/α-hetero) is 1. The number of nitrogens with zero attached hydrogens (tertiary/aromatic N) is 1. The first-order chi connectivity index (χ1) is 16.8. The van der Waals surface area contributed by atoms with Gasteiger partial charge in [-0.3, -0.25) is 5.43 Å². The Morgan fingerprint density at radius 1 is 1.03 bits per heavy atom. The summed E-state index contributed by atoms with van der Waals surface area (Å²) in [6.07, 6.45) is 0. The number of ketones is 1. The van der Waals surface area contributed by atoms with Crippen LogP contribution in [0.4, 0.5) is 5.69 Å². The second kappa shape index (κ2) is 12.4. The fraction of sp³-hybridized carbons (Fsp3) is 0.259. The van der Waals surface area contributed by atoms with E-state index in [9.17, 15) is 14.7 Å². The number of aromatic carboxylic acids is 1. The predicted octanol–water partition coefficient (Wildman–Crippen LogP) is 6.42. The predicted molar refractivity (Wildman–Crippen MR) is 151 cm³/mol. The highest BCUT2D eigenvalue weighted by atomic mass is 32.1. The van der Waals surface area contributed by atoms with E-state index in [2.05, 4.69) is 48.7 Å². The van der Waals surface area contributed by atoms with Crippen LogP contribution in [0.5, 0.6) is 5.75 Å². The van der Waals surface area contributed by atoms with Crippen LogP contribution in [0.1, 0.15) is 63.0 Å². The smallest absolute Gasteiger partial charge is 0.335 e. The number of anilines is 1. The molecule has 1 heterocycles. The van der Waals surface area contributed by atoms with Gasteiger partial charge in [0.05, 0.1) is 21.7 Å². The Morgan fingerprint density at radius 3 is 2.19 bits per heavy atom. The molecule has 0 unspecified atom stereocenters. The van der Waals surface area contributed by atoms with Crippen LogP contribution in [0.15, 0.2) is 59.0 Å². The summed E-state index contributed by atoms with van der Waals surface area (Å²) in [5.41, 5.74) is 6.86. The Labute approximate surface area is 220 Å². The molecule has 0 saturated heterocycles. The number of benzene rings is 2. The average Bonchev–Trinajstić information content (AvgIpc) is 3.18. The maximum Gasteiger partial charge on any atom is 0.335 e. The van der Waals surface area contributed by atoms with Crippen molar-refractivity contribution in [2.75, 3.05) is 5.32 Å². The fourth-order valence-electron chi connectivity index (χ4n) is 3.02. The average molecular weight is 526 g/mol. The first-order valence-electron chi connectivity index (χ1n) is 11.1. The SMILES string of the molecule is C/C(=N\NC(=S)Nc1cccc(C(=O)O)c1)c1csc(-c2ccc(C(C)(C)C)cc2)c1O.CC(C)=O. The van der Waals surface area contributed by atoms with Crippen molar-refractivity contribution in [3.05, 3.63) is 70.6 Å². The molecule has 0 bridgehead atoms. The molecule has 0 spiro atoms. The Kier molecular flexibility index (Phi) is 9.89. The summed E-state index contributed by atoms with van der Waals surface area (Å²) in [4.78, 5) is 21.3. The van der Waals surface area contributed by atoms with Crippen LogP contribution in [0.25, 0.3) is 10.4 Å². The molecule has 4 N–H and O–H groups in total. The number of nitrogens with one attached hydrogen (secondary N) is 2. The van der Waals surface area contributed by atoms with Gasteiger partial charge < -0.3 is 20.3 Å². The van der Waals surface area contributed by atoms with Crippen LogP contribution in [0, 0.1) is 0 Å². The highest BCUT2D eigenvalue weighted by Gasteiger charge is 2.17. The van der Waals surface area contributed by atoms with Crippen molar-refractivity contribution >= 4 is 51.8 Å². The molecule has 0 saturated carbocycles. The van der Waals surface area contributed by atoms with Crippen molar-refractivity contribution in [1.29, 1.82) is 0 Å². The maximum atomic E-state index is 11.1. The number of carbonyl (C=O) groups excluding carboxylic acids is 1. The lowest BCUT2D eigenvalue weighted by Crippen LogP contribution is -2.25. The minimum Gasteiger partial charge on any atom is -0.506 e. The number of hydrazone groups is 1. The van der Waals surface area contributed by atoms with Crippen molar-refractivity contribution in [2.24, 2.45) is 5.10 Å². The highest BCUT2D eigenvalue weighted by molar-refractivity contribution is 7.80. The summed E-state index contributed by atoms with van der Waals surface area (Å²) in [5, 5.41) is 29.1. The molecule has 1 aromatic heterocycles. The number of rotatable bonds is 5. The summed E-state index contributed by atoms with van der Waals surface area (Å²) < 4.78 is 0. The number of carboxylic acid groups (broad SMARTS) is 1. The Hall–Kier alpha value is -3.56. The topological polar surface area (TPSA) is 111 Å². The summed E-state index contributed by atoms with van der Waals surface area (Å²) in [6, 6.07) is 14.5.